The van der Waals surface area contributed by atoms with Gasteiger partial charge in [0, 0.05) is 32.3 Å². The lowest BCUT2D eigenvalue weighted by Crippen LogP contribution is -2.00. The van der Waals surface area contributed by atoms with E-state index in [0.717, 1.165) is 22.1 Å². The Hall–Kier alpha value is -5.99. The predicted molar refractivity (Wildman–Crippen MR) is 172 cm³/mol. The molecule has 6 aromatic carbocycles. The summed E-state index contributed by atoms with van der Waals surface area (Å²) in [4.78, 5) is 13.8. The molecule has 0 fully saturated rings. The molecule has 5 heteroatoms. The summed E-state index contributed by atoms with van der Waals surface area (Å²) in [5.74, 6) is 0.848. The van der Waals surface area contributed by atoms with Crippen molar-refractivity contribution in [2.45, 2.75) is 0 Å². The van der Waals surface area contributed by atoms with Gasteiger partial charge >= 0.3 is 5.82 Å². The minimum Gasteiger partial charge on any atom is -0.358 e. The zero-order valence-corrected chi connectivity index (χ0v) is 22.2. The Morgan fingerprint density at radius 2 is 1.19 bits per heavy atom. The SMILES string of the molecule is [C-]#[N+]c1nc2ccccc2nc1-n1c2ccc3ccccc3c2c2c3c4ccccc4n4c5ccccc5c(cc21)c34. The smallest absolute Gasteiger partial charge is 0.313 e. The molecular weight excluding hydrogens is 514 g/mol. The maximum absolute atomic E-state index is 8.11. The highest BCUT2D eigenvalue weighted by Crippen LogP contribution is 2.48. The number of benzene rings is 6. The van der Waals surface area contributed by atoms with Gasteiger partial charge < -0.3 is 13.8 Å². The highest BCUT2D eigenvalue weighted by Gasteiger charge is 2.26. The van der Waals surface area contributed by atoms with E-state index in [1.165, 1.54) is 59.6 Å². The Bertz CT molecular complexity index is 2810. The van der Waals surface area contributed by atoms with Crippen LogP contribution in [0.3, 0.4) is 0 Å². The minimum atomic E-state index is 0.292. The number of fused-ring (bicyclic) bond motifs is 13. The Morgan fingerprint density at radius 1 is 0.524 bits per heavy atom. The van der Waals surface area contributed by atoms with Crippen molar-refractivity contribution in [2.75, 3.05) is 0 Å². The van der Waals surface area contributed by atoms with Crippen LogP contribution in [0.4, 0.5) is 5.82 Å². The zero-order valence-electron chi connectivity index (χ0n) is 22.2. The van der Waals surface area contributed by atoms with Crippen molar-refractivity contribution in [3.63, 3.8) is 0 Å². The number of para-hydroxylation sites is 4. The first-order chi connectivity index (χ1) is 20.8. The van der Waals surface area contributed by atoms with E-state index in [1.54, 1.807) is 0 Å². The quantitative estimate of drug-likeness (QED) is 0.197. The molecule has 0 amide bonds. The third kappa shape index (κ3) is 2.53. The highest BCUT2D eigenvalue weighted by atomic mass is 15.1. The number of rotatable bonds is 1. The van der Waals surface area contributed by atoms with Crippen LogP contribution in [-0.4, -0.2) is 18.9 Å². The zero-order chi connectivity index (χ0) is 27.5. The van der Waals surface area contributed by atoms with Crippen LogP contribution >= 0.6 is 0 Å². The lowest BCUT2D eigenvalue weighted by molar-refractivity contribution is 1.09. The molecule has 192 valence electrons. The molecule has 0 aliphatic heterocycles. The second-order valence-corrected chi connectivity index (χ2v) is 10.9. The van der Waals surface area contributed by atoms with E-state index in [-0.39, 0.29) is 0 Å². The van der Waals surface area contributed by atoms with Gasteiger partial charge in [0.05, 0.1) is 27.6 Å². The Labute approximate surface area is 238 Å². The first-order valence-corrected chi connectivity index (χ1v) is 14.0. The molecule has 0 bridgehead atoms. The van der Waals surface area contributed by atoms with Crippen LogP contribution in [0, 0.1) is 6.57 Å². The van der Waals surface area contributed by atoms with Gasteiger partial charge in [-0.05, 0) is 47.2 Å². The average molecular weight is 534 g/mol. The van der Waals surface area contributed by atoms with Crippen molar-refractivity contribution in [3.8, 4) is 5.82 Å². The molecule has 4 aromatic heterocycles. The fourth-order valence-electron chi connectivity index (χ4n) is 7.21. The summed E-state index contributed by atoms with van der Waals surface area (Å²) in [6.07, 6.45) is 0. The van der Waals surface area contributed by atoms with E-state index in [2.05, 4.69) is 105 Å². The van der Waals surface area contributed by atoms with Crippen LogP contribution in [0.1, 0.15) is 0 Å². The molecule has 0 N–H and O–H groups in total. The number of nitrogens with zero attached hydrogens (tertiary/aromatic N) is 5. The molecule has 4 heterocycles. The van der Waals surface area contributed by atoms with E-state index in [9.17, 15) is 0 Å². The summed E-state index contributed by atoms with van der Waals surface area (Å²) < 4.78 is 4.59. The summed E-state index contributed by atoms with van der Waals surface area (Å²) in [6, 6.07) is 40.3. The molecule has 0 radical (unpaired) electrons. The summed E-state index contributed by atoms with van der Waals surface area (Å²) in [5.41, 5.74) is 7.14. The van der Waals surface area contributed by atoms with Gasteiger partial charge in [-0.1, -0.05) is 85.4 Å². The second-order valence-electron chi connectivity index (χ2n) is 10.9. The largest absolute Gasteiger partial charge is 0.358 e. The summed E-state index contributed by atoms with van der Waals surface area (Å²) in [7, 11) is 0. The van der Waals surface area contributed by atoms with Crippen molar-refractivity contribution in [1.82, 2.24) is 18.9 Å². The number of hydrogen-bond donors (Lipinski definition) is 0. The van der Waals surface area contributed by atoms with Crippen LogP contribution in [-0.2, 0) is 0 Å². The van der Waals surface area contributed by atoms with Gasteiger partial charge in [-0.25, -0.2) is 4.98 Å². The Morgan fingerprint density at radius 3 is 2.00 bits per heavy atom. The lowest BCUT2D eigenvalue weighted by atomic mass is 9.99. The van der Waals surface area contributed by atoms with Crippen molar-refractivity contribution < 1.29 is 0 Å². The van der Waals surface area contributed by atoms with Crippen LogP contribution in [0.25, 0.3) is 92.4 Å². The average Bonchev–Trinajstić information content (AvgIpc) is 3.68. The molecule has 0 unspecified atom stereocenters. The van der Waals surface area contributed by atoms with Crippen LogP contribution in [0.5, 0.6) is 0 Å². The molecule has 0 saturated carbocycles. The maximum Gasteiger partial charge on any atom is 0.313 e. The van der Waals surface area contributed by atoms with Crippen LogP contribution in [0.2, 0.25) is 0 Å². The first-order valence-electron chi connectivity index (χ1n) is 14.0. The van der Waals surface area contributed by atoms with Crippen molar-refractivity contribution in [1.29, 1.82) is 0 Å². The number of aromatic nitrogens is 4. The van der Waals surface area contributed by atoms with Gasteiger partial charge in [-0.15, -0.1) is 4.98 Å². The third-order valence-corrected chi connectivity index (χ3v) is 8.84. The van der Waals surface area contributed by atoms with E-state index in [1.807, 2.05) is 24.3 Å². The lowest BCUT2D eigenvalue weighted by Gasteiger charge is -2.10. The van der Waals surface area contributed by atoms with E-state index >= 15 is 0 Å². The monoisotopic (exact) mass is 533 g/mol. The topological polar surface area (TPSA) is 39.5 Å². The molecular formula is C37H19N5. The highest BCUT2D eigenvalue weighted by molar-refractivity contribution is 6.38. The van der Waals surface area contributed by atoms with Gasteiger partial charge in [0.15, 0.2) is 11.3 Å². The normalized spacial score (nSPS) is 12.3. The van der Waals surface area contributed by atoms with Gasteiger partial charge in [0.25, 0.3) is 0 Å². The van der Waals surface area contributed by atoms with E-state index in [0.29, 0.717) is 11.6 Å². The van der Waals surface area contributed by atoms with Crippen LogP contribution < -0.4 is 0 Å². The second kappa shape index (κ2) is 7.60. The predicted octanol–water partition coefficient (Wildman–Crippen LogP) is 9.58. The van der Waals surface area contributed by atoms with E-state index < -0.39 is 0 Å². The molecule has 0 aliphatic rings. The molecule has 42 heavy (non-hydrogen) atoms. The molecule has 10 aromatic rings. The van der Waals surface area contributed by atoms with Gasteiger partial charge in [0.1, 0.15) is 5.52 Å². The third-order valence-electron chi connectivity index (χ3n) is 8.84. The van der Waals surface area contributed by atoms with Crippen molar-refractivity contribution in [2.24, 2.45) is 0 Å². The number of hydrogen-bond acceptors (Lipinski definition) is 2. The molecule has 0 saturated heterocycles. The van der Waals surface area contributed by atoms with Gasteiger partial charge in [-0.2, -0.15) is 0 Å². The standard InChI is InChI=1S/C37H19N5/c1-38-36-37(40-27-15-7-6-14-26(27)39-36)42-30-19-18-21-10-2-3-11-22(21)32(30)34-31(42)20-25-23-12-4-8-16-28(23)41-29-17-9-5-13-24(29)33(34)35(25)41/h2-20H. The molecule has 0 spiro atoms. The molecule has 0 aliphatic carbocycles. The summed E-state index contributed by atoms with van der Waals surface area (Å²) in [6.45, 7) is 8.11. The fraction of sp³-hybridized carbons (Fsp3) is 0. The first kappa shape index (κ1) is 21.8. The van der Waals surface area contributed by atoms with Gasteiger partial charge in [0.2, 0.25) is 0 Å². The van der Waals surface area contributed by atoms with Gasteiger partial charge in [-0.3, -0.25) is 0 Å². The summed E-state index contributed by atoms with van der Waals surface area (Å²) >= 11 is 0. The molecule has 5 nitrogen and oxygen atoms in total. The van der Waals surface area contributed by atoms with Crippen molar-refractivity contribution in [3.05, 3.63) is 127 Å². The molecule has 10 rings (SSSR count). The summed E-state index contributed by atoms with van der Waals surface area (Å²) in [5, 5.41) is 9.55. The molecule has 0 atom stereocenters. The Balaban J connectivity index is 1.56. The minimum absolute atomic E-state index is 0.292. The maximum atomic E-state index is 8.11. The van der Waals surface area contributed by atoms with Crippen LogP contribution in [0.15, 0.2) is 115 Å². The Kier molecular flexibility index (Phi) is 3.94. The van der Waals surface area contributed by atoms with Crippen molar-refractivity contribution >= 4 is 87.5 Å². The fourth-order valence-corrected chi connectivity index (χ4v) is 7.21. The van der Waals surface area contributed by atoms with E-state index in [4.69, 9.17) is 16.5 Å².